The lowest BCUT2D eigenvalue weighted by Crippen LogP contribution is -2.42. The molecule has 1 saturated heterocycles. The summed E-state index contributed by atoms with van der Waals surface area (Å²) in [6.45, 7) is 3.54. The molecule has 1 aromatic carbocycles. The maximum atomic E-state index is 6.04. The summed E-state index contributed by atoms with van der Waals surface area (Å²) in [4.78, 5) is 2.34. The molecule has 3 rings (SSSR count). The second kappa shape index (κ2) is 5.56. The van der Waals surface area contributed by atoms with E-state index in [1.54, 1.807) is 0 Å². The minimum atomic E-state index is 0.160. The average molecular weight is 274 g/mol. The molecule has 3 atom stereocenters. The Morgan fingerprint density at radius 2 is 2.20 bits per heavy atom. The summed E-state index contributed by atoms with van der Waals surface area (Å²) in [7, 11) is 2.13. The minimum absolute atomic E-state index is 0.160. The zero-order valence-corrected chi connectivity index (χ0v) is 12.1. The molecule has 0 radical (unpaired) electrons. The highest BCUT2D eigenvalue weighted by molar-refractivity contribution is 5.81. The molecule has 108 valence electrons. The number of hydrogen-bond acceptors (Lipinski definition) is 4. The van der Waals surface area contributed by atoms with E-state index in [1.807, 2.05) is 24.5 Å². The summed E-state index contributed by atoms with van der Waals surface area (Å²) in [6.07, 6.45) is 3.16. The molecule has 20 heavy (non-hydrogen) atoms. The molecule has 3 unspecified atom stereocenters. The maximum Gasteiger partial charge on any atom is 0.134 e. The van der Waals surface area contributed by atoms with Crippen LogP contribution in [-0.2, 0) is 4.74 Å². The van der Waals surface area contributed by atoms with Crippen molar-refractivity contribution in [1.82, 2.24) is 4.90 Å². The van der Waals surface area contributed by atoms with Crippen molar-refractivity contribution in [2.45, 2.75) is 31.5 Å². The fourth-order valence-electron chi connectivity index (χ4n) is 3.26. The second-order valence-electron chi connectivity index (χ2n) is 5.54. The highest BCUT2D eigenvalue weighted by Crippen LogP contribution is 2.32. The van der Waals surface area contributed by atoms with Gasteiger partial charge in [-0.05, 0) is 26.5 Å². The summed E-state index contributed by atoms with van der Waals surface area (Å²) in [5.74, 6) is 0. The van der Waals surface area contributed by atoms with E-state index in [1.165, 1.54) is 5.56 Å². The van der Waals surface area contributed by atoms with Gasteiger partial charge in [0.25, 0.3) is 0 Å². The smallest absolute Gasteiger partial charge is 0.134 e. The van der Waals surface area contributed by atoms with Crippen molar-refractivity contribution >= 4 is 11.0 Å². The zero-order chi connectivity index (χ0) is 14.1. The van der Waals surface area contributed by atoms with Crippen molar-refractivity contribution in [2.24, 2.45) is 5.73 Å². The van der Waals surface area contributed by atoms with Gasteiger partial charge in [0.15, 0.2) is 0 Å². The first-order valence-electron chi connectivity index (χ1n) is 7.22. The molecular formula is C16H22N2O2. The summed E-state index contributed by atoms with van der Waals surface area (Å²) in [6, 6.07) is 8.69. The van der Waals surface area contributed by atoms with Gasteiger partial charge in [-0.3, -0.25) is 4.90 Å². The first-order valence-corrected chi connectivity index (χ1v) is 7.22. The molecule has 2 aromatic rings. The van der Waals surface area contributed by atoms with E-state index in [0.29, 0.717) is 12.6 Å². The Bertz CT molecular complexity index is 581. The van der Waals surface area contributed by atoms with E-state index < -0.39 is 0 Å². The predicted octanol–water partition coefficient (Wildman–Crippen LogP) is 2.54. The van der Waals surface area contributed by atoms with Crippen LogP contribution in [0.5, 0.6) is 0 Å². The zero-order valence-electron chi connectivity index (χ0n) is 12.1. The standard InChI is InChI=1S/C16H22N2O2/c1-11-14(7-8-19-11)18(2)15(9-17)13-10-20-16-6-4-3-5-12(13)16/h3-6,10-11,14-15H,7-9,17H2,1-2H3. The van der Waals surface area contributed by atoms with Crippen LogP contribution in [0.1, 0.15) is 24.9 Å². The lowest BCUT2D eigenvalue weighted by atomic mass is 10.0. The van der Waals surface area contributed by atoms with E-state index >= 15 is 0 Å². The number of furan rings is 1. The maximum absolute atomic E-state index is 6.04. The average Bonchev–Trinajstić information content (AvgIpc) is 3.06. The Morgan fingerprint density at radius 3 is 2.90 bits per heavy atom. The monoisotopic (exact) mass is 274 g/mol. The van der Waals surface area contributed by atoms with E-state index in [-0.39, 0.29) is 12.1 Å². The number of ether oxygens (including phenoxy) is 1. The number of rotatable bonds is 4. The molecule has 1 aliphatic heterocycles. The Labute approximate surface area is 119 Å². The summed E-state index contributed by atoms with van der Waals surface area (Å²) >= 11 is 0. The van der Waals surface area contributed by atoms with Gasteiger partial charge >= 0.3 is 0 Å². The highest BCUT2D eigenvalue weighted by Gasteiger charge is 2.32. The van der Waals surface area contributed by atoms with Gasteiger partial charge in [-0.15, -0.1) is 0 Å². The molecule has 0 saturated carbocycles. The van der Waals surface area contributed by atoms with Crippen LogP contribution in [0.3, 0.4) is 0 Å². The molecule has 0 spiro atoms. The van der Waals surface area contributed by atoms with E-state index in [2.05, 4.69) is 24.9 Å². The van der Waals surface area contributed by atoms with Crippen molar-refractivity contribution in [3.63, 3.8) is 0 Å². The van der Waals surface area contributed by atoms with Crippen LogP contribution in [0.15, 0.2) is 34.9 Å². The van der Waals surface area contributed by atoms with Crippen LogP contribution in [0.25, 0.3) is 11.0 Å². The van der Waals surface area contributed by atoms with Crippen LogP contribution in [0.2, 0.25) is 0 Å². The SMILES string of the molecule is CC1OCCC1N(C)C(CN)c1coc2ccccc12. The second-order valence-corrected chi connectivity index (χ2v) is 5.54. The van der Waals surface area contributed by atoms with Crippen molar-refractivity contribution in [3.05, 3.63) is 36.1 Å². The van der Waals surface area contributed by atoms with Crippen LogP contribution in [0, 0.1) is 0 Å². The Hall–Kier alpha value is -1.36. The third-order valence-electron chi connectivity index (χ3n) is 4.44. The quantitative estimate of drug-likeness (QED) is 0.931. The van der Waals surface area contributed by atoms with Gasteiger partial charge in [0, 0.05) is 30.1 Å². The molecule has 1 aliphatic rings. The van der Waals surface area contributed by atoms with Crippen LogP contribution >= 0.6 is 0 Å². The van der Waals surface area contributed by atoms with Gasteiger partial charge < -0.3 is 14.9 Å². The third kappa shape index (κ3) is 2.24. The predicted molar refractivity (Wildman–Crippen MR) is 79.6 cm³/mol. The van der Waals surface area contributed by atoms with Crippen LogP contribution in [0.4, 0.5) is 0 Å². The number of likely N-dealkylation sites (N-methyl/N-ethyl adjacent to an activating group) is 1. The Balaban J connectivity index is 1.93. The van der Waals surface area contributed by atoms with Gasteiger partial charge in [0.2, 0.25) is 0 Å². The molecular weight excluding hydrogens is 252 g/mol. The number of fused-ring (bicyclic) bond motifs is 1. The third-order valence-corrected chi connectivity index (χ3v) is 4.44. The van der Waals surface area contributed by atoms with Gasteiger partial charge in [0.05, 0.1) is 18.4 Å². The molecule has 1 aromatic heterocycles. The number of benzene rings is 1. The molecule has 4 nitrogen and oxygen atoms in total. The first kappa shape index (κ1) is 13.6. The van der Waals surface area contributed by atoms with Gasteiger partial charge in [0.1, 0.15) is 5.58 Å². The first-order chi connectivity index (χ1) is 9.72. The fraction of sp³-hybridized carbons (Fsp3) is 0.500. The minimum Gasteiger partial charge on any atom is -0.464 e. The molecule has 2 heterocycles. The van der Waals surface area contributed by atoms with Crippen LogP contribution < -0.4 is 5.73 Å². The van der Waals surface area contributed by atoms with Crippen LogP contribution in [-0.4, -0.2) is 37.2 Å². The Kier molecular flexibility index (Phi) is 3.78. The fourth-order valence-corrected chi connectivity index (χ4v) is 3.26. The molecule has 0 amide bonds. The van der Waals surface area contributed by atoms with Gasteiger partial charge in [-0.1, -0.05) is 18.2 Å². The lowest BCUT2D eigenvalue weighted by molar-refractivity contribution is 0.0687. The number of hydrogen-bond donors (Lipinski definition) is 1. The van der Waals surface area contributed by atoms with Crippen molar-refractivity contribution in [1.29, 1.82) is 0 Å². The van der Waals surface area contributed by atoms with E-state index in [0.717, 1.165) is 24.0 Å². The van der Waals surface area contributed by atoms with Gasteiger partial charge in [-0.25, -0.2) is 0 Å². The van der Waals surface area contributed by atoms with E-state index in [9.17, 15) is 0 Å². The van der Waals surface area contributed by atoms with Gasteiger partial charge in [-0.2, -0.15) is 0 Å². The number of para-hydroxylation sites is 1. The van der Waals surface area contributed by atoms with Crippen molar-refractivity contribution < 1.29 is 9.15 Å². The molecule has 0 bridgehead atoms. The lowest BCUT2D eigenvalue weighted by Gasteiger charge is -2.33. The summed E-state index contributed by atoms with van der Waals surface area (Å²) < 4.78 is 11.3. The number of nitrogens with two attached hydrogens (primary N) is 1. The molecule has 0 aliphatic carbocycles. The Morgan fingerprint density at radius 1 is 1.40 bits per heavy atom. The summed E-state index contributed by atoms with van der Waals surface area (Å²) in [5.41, 5.74) is 8.14. The van der Waals surface area contributed by atoms with Crippen molar-refractivity contribution in [3.8, 4) is 0 Å². The summed E-state index contributed by atoms with van der Waals surface area (Å²) in [5, 5.41) is 1.15. The molecule has 2 N–H and O–H groups in total. The largest absolute Gasteiger partial charge is 0.464 e. The highest BCUT2D eigenvalue weighted by atomic mass is 16.5. The number of nitrogens with zero attached hydrogens (tertiary/aromatic N) is 1. The normalized spacial score (nSPS) is 24.6. The topological polar surface area (TPSA) is 51.6 Å². The van der Waals surface area contributed by atoms with E-state index in [4.69, 9.17) is 14.9 Å². The van der Waals surface area contributed by atoms with Crippen molar-refractivity contribution in [2.75, 3.05) is 20.2 Å². The molecule has 4 heteroatoms. The molecule has 1 fully saturated rings.